The van der Waals surface area contributed by atoms with Crippen molar-refractivity contribution in [2.24, 2.45) is 5.92 Å². The number of hydrogen-bond donors (Lipinski definition) is 0. The normalized spacial score (nSPS) is 18.8. The monoisotopic (exact) mass is 319 g/mol. The summed E-state index contributed by atoms with van der Waals surface area (Å²) in [6.45, 7) is 4.31. The number of carbonyl (C=O) groups excluding carboxylic acids is 1. The highest BCUT2D eigenvalue weighted by molar-refractivity contribution is 7.16. The minimum absolute atomic E-state index is 0.0517. The first-order valence-corrected chi connectivity index (χ1v) is 8.77. The molecule has 118 valence electrons. The van der Waals surface area contributed by atoms with Crippen LogP contribution in [0.25, 0.3) is 10.2 Å². The van der Waals surface area contributed by atoms with E-state index >= 15 is 0 Å². The fourth-order valence-electron chi connectivity index (χ4n) is 3.05. The van der Waals surface area contributed by atoms with Gasteiger partial charge in [0, 0.05) is 26.1 Å². The molecule has 1 aliphatic rings. The van der Waals surface area contributed by atoms with Crippen LogP contribution in [0.2, 0.25) is 0 Å². The lowest BCUT2D eigenvalue weighted by atomic mass is 9.95. The van der Waals surface area contributed by atoms with Gasteiger partial charge < -0.3 is 4.90 Å². The maximum Gasteiger partial charge on any atom is 0.262 e. The molecule has 0 bridgehead atoms. The second-order valence-corrected chi connectivity index (χ2v) is 6.78. The Morgan fingerprint density at radius 2 is 2.36 bits per heavy atom. The first-order valence-electron chi connectivity index (χ1n) is 7.89. The zero-order chi connectivity index (χ0) is 15.5. The lowest BCUT2D eigenvalue weighted by molar-refractivity contribution is -0.133. The van der Waals surface area contributed by atoms with Crippen LogP contribution >= 0.6 is 11.3 Å². The van der Waals surface area contributed by atoms with Crippen LogP contribution in [0.15, 0.2) is 22.6 Å². The standard InChI is InChI=1S/C16H21N3O2S/c1-2-12-4-3-7-18(10-12)14(20)5-8-19-11-17-15-13(16(19)21)6-9-22-15/h6,9,11-12H,2-5,7-8,10H2,1H3/t12-/m1/s1. The van der Waals surface area contributed by atoms with Gasteiger partial charge in [-0.05, 0) is 30.2 Å². The van der Waals surface area contributed by atoms with Gasteiger partial charge >= 0.3 is 0 Å². The predicted octanol–water partition coefficient (Wildman–Crippen LogP) is 2.50. The Morgan fingerprint density at radius 3 is 3.18 bits per heavy atom. The van der Waals surface area contributed by atoms with E-state index < -0.39 is 0 Å². The molecule has 0 N–H and O–H groups in total. The molecule has 3 rings (SSSR count). The van der Waals surface area contributed by atoms with E-state index in [0.29, 0.717) is 24.3 Å². The van der Waals surface area contributed by atoms with Crippen molar-refractivity contribution in [3.8, 4) is 0 Å². The van der Waals surface area contributed by atoms with Gasteiger partial charge in [0.15, 0.2) is 0 Å². The number of hydrogen-bond acceptors (Lipinski definition) is 4. The van der Waals surface area contributed by atoms with Crippen molar-refractivity contribution in [1.29, 1.82) is 0 Å². The fourth-order valence-corrected chi connectivity index (χ4v) is 3.77. The Hall–Kier alpha value is -1.69. The number of thiophene rings is 1. The predicted molar refractivity (Wildman–Crippen MR) is 88.1 cm³/mol. The molecule has 0 unspecified atom stereocenters. The summed E-state index contributed by atoms with van der Waals surface area (Å²) in [7, 11) is 0. The molecule has 6 heteroatoms. The van der Waals surface area contributed by atoms with E-state index in [1.165, 1.54) is 17.8 Å². The number of fused-ring (bicyclic) bond motifs is 1. The van der Waals surface area contributed by atoms with Gasteiger partial charge in [-0.1, -0.05) is 13.3 Å². The van der Waals surface area contributed by atoms with Crippen molar-refractivity contribution < 1.29 is 4.79 Å². The van der Waals surface area contributed by atoms with Crippen molar-refractivity contribution in [3.05, 3.63) is 28.1 Å². The molecule has 5 nitrogen and oxygen atoms in total. The third kappa shape index (κ3) is 3.06. The molecule has 1 aliphatic heterocycles. The van der Waals surface area contributed by atoms with Gasteiger partial charge in [-0.3, -0.25) is 14.2 Å². The number of carbonyl (C=O) groups is 1. The van der Waals surface area contributed by atoms with E-state index in [4.69, 9.17) is 0 Å². The zero-order valence-electron chi connectivity index (χ0n) is 12.8. The van der Waals surface area contributed by atoms with Gasteiger partial charge in [0.05, 0.1) is 11.7 Å². The molecule has 22 heavy (non-hydrogen) atoms. The number of amides is 1. The zero-order valence-corrected chi connectivity index (χ0v) is 13.6. The topological polar surface area (TPSA) is 55.2 Å². The number of likely N-dealkylation sites (tertiary alicyclic amines) is 1. The SMILES string of the molecule is CC[C@@H]1CCCN(C(=O)CCn2cnc3sccc3c2=O)C1. The number of aryl methyl sites for hydroxylation is 1. The summed E-state index contributed by atoms with van der Waals surface area (Å²) >= 11 is 1.46. The molecule has 2 aromatic heterocycles. The van der Waals surface area contributed by atoms with Gasteiger partial charge in [-0.15, -0.1) is 11.3 Å². The van der Waals surface area contributed by atoms with E-state index in [2.05, 4.69) is 11.9 Å². The maximum atomic E-state index is 12.3. The van der Waals surface area contributed by atoms with Crippen molar-refractivity contribution in [3.63, 3.8) is 0 Å². The Labute approximate surface area is 133 Å². The van der Waals surface area contributed by atoms with Crippen molar-refractivity contribution >= 4 is 27.5 Å². The van der Waals surface area contributed by atoms with Crippen molar-refractivity contribution in [2.75, 3.05) is 13.1 Å². The Bertz CT molecular complexity index is 721. The average Bonchev–Trinajstić information content (AvgIpc) is 3.03. The van der Waals surface area contributed by atoms with Crippen molar-refractivity contribution in [1.82, 2.24) is 14.5 Å². The van der Waals surface area contributed by atoms with Gasteiger partial charge in [0.1, 0.15) is 4.83 Å². The van der Waals surface area contributed by atoms with Gasteiger partial charge in [-0.2, -0.15) is 0 Å². The van der Waals surface area contributed by atoms with Crippen LogP contribution in [-0.2, 0) is 11.3 Å². The molecule has 1 amide bonds. The van der Waals surface area contributed by atoms with E-state index in [1.54, 1.807) is 17.0 Å². The summed E-state index contributed by atoms with van der Waals surface area (Å²) in [5.41, 5.74) is -0.0517. The van der Waals surface area contributed by atoms with Crippen LogP contribution in [0.3, 0.4) is 0 Å². The fraction of sp³-hybridized carbons (Fsp3) is 0.562. The number of piperidine rings is 1. The van der Waals surface area contributed by atoms with Gasteiger partial charge in [0.2, 0.25) is 5.91 Å². The highest BCUT2D eigenvalue weighted by Crippen LogP contribution is 2.19. The highest BCUT2D eigenvalue weighted by atomic mass is 32.1. The Balaban J connectivity index is 1.64. The molecule has 1 saturated heterocycles. The molecule has 0 saturated carbocycles. The quantitative estimate of drug-likeness (QED) is 0.870. The first kappa shape index (κ1) is 15.2. The molecule has 1 fully saturated rings. The molecule has 1 atom stereocenters. The van der Waals surface area contributed by atoms with E-state index in [0.717, 1.165) is 30.8 Å². The maximum absolute atomic E-state index is 12.3. The smallest absolute Gasteiger partial charge is 0.262 e. The van der Waals surface area contributed by atoms with Gasteiger partial charge in [-0.25, -0.2) is 4.98 Å². The summed E-state index contributed by atoms with van der Waals surface area (Å²) in [5.74, 6) is 0.778. The Morgan fingerprint density at radius 1 is 1.50 bits per heavy atom. The molecular formula is C16H21N3O2S. The van der Waals surface area contributed by atoms with Crippen LogP contribution in [0.4, 0.5) is 0 Å². The van der Waals surface area contributed by atoms with Crippen LogP contribution < -0.4 is 5.56 Å². The lowest BCUT2D eigenvalue weighted by Gasteiger charge is -2.32. The minimum atomic E-state index is -0.0517. The number of aromatic nitrogens is 2. The molecule has 0 aliphatic carbocycles. The average molecular weight is 319 g/mol. The summed E-state index contributed by atoms with van der Waals surface area (Å²) < 4.78 is 1.55. The third-order valence-electron chi connectivity index (χ3n) is 4.47. The second kappa shape index (κ2) is 6.60. The highest BCUT2D eigenvalue weighted by Gasteiger charge is 2.22. The van der Waals surface area contributed by atoms with Crippen molar-refractivity contribution in [2.45, 2.75) is 39.2 Å². The Kier molecular flexibility index (Phi) is 4.57. The van der Waals surface area contributed by atoms with E-state index in [9.17, 15) is 9.59 Å². The third-order valence-corrected chi connectivity index (χ3v) is 5.29. The molecular weight excluding hydrogens is 298 g/mol. The summed E-state index contributed by atoms with van der Waals surface area (Å²) in [4.78, 5) is 31.6. The van der Waals surface area contributed by atoms with Crippen LogP contribution in [-0.4, -0.2) is 33.4 Å². The first-order chi connectivity index (χ1) is 10.7. The molecule has 0 radical (unpaired) electrons. The second-order valence-electron chi connectivity index (χ2n) is 5.89. The number of nitrogens with zero attached hydrogens (tertiary/aromatic N) is 3. The van der Waals surface area contributed by atoms with Crippen LogP contribution in [0.1, 0.15) is 32.6 Å². The summed E-state index contributed by atoms with van der Waals surface area (Å²) in [6, 6.07) is 1.80. The van der Waals surface area contributed by atoms with E-state index in [-0.39, 0.29) is 11.5 Å². The van der Waals surface area contributed by atoms with E-state index in [1.807, 2.05) is 10.3 Å². The minimum Gasteiger partial charge on any atom is -0.342 e. The largest absolute Gasteiger partial charge is 0.342 e. The molecule has 0 spiro atoms. The van der Waals surface area contributed by atoms with Crippen LogP contribution in [0, 0.1) is 5.92 Å². The molecule has 0 aromatic carbocycles. The summed E-state index contributed by atoms with van der Waals surface area (Å²) in [5, 5.41) is 2.51. The number of rotatable bonds is 4. The van der Waals surface area contributed by atoms with Crippen LogP contribution in [0.5, 0.6) is 0 Å². The lowest BCUT2D eigenvalue weighted by Crippen LogP contribution is -2.40. The van der Waals surface area contributed by atoms with Gasteiger partial charge in [0.25, 0.3) is 5.56 Å². The summed E-state index contributed by atoms with van der Waals surface area (Å²) in [6.07, 6.45) is 5.36. The molecule has 3 heterocycles. The molecule has 2 aromatic rings.